The predicted molar refractivity (Wildman–Crippen MR) is 55.6 cm³/mol. The van der Waals surface area contributed by atoms with Crippen LogP contribution in [0.3, 0.4) is 0 Å². The molecule has 72 valence electrons. The van der Waals surface area contributed by atoms with Crippen LogP contribution in [0.1, 0.15) is 16.2 Å². The number of hydrogen-bond donors (Lipinski definition) is 0. The van der Waals surface area contributed by atoms with Gasteiger partial charge in [-0.05, 0) is 36.7 Å². The Labute approximate surface area is 86.3 Å². The van der Waals surface area contributed by atoms with Gasteiger partial charge in [0.1, 0.15) is 5.82 Å². The van der Waals surface area contributed by atoms with Crippen molar-refractivity contribution in [2.24, 2.45) is 7.05 Å². The number of benzene rings is 1. The molecule has 0 N–H and O–H groups in total. The predicted octanol–water partition coefficient (Wildman–Crippen LogP) is 2.26. The van der Waals surface area contributed by atoms with Crippen LogP contribution >= 0.6 is 11.6 Å². The van der Waals surface area contributed by atoms with Crippen LogP contribution in [0.25, 0.3) is 11.0 Å². The van der Waals surface area contributed by atoms with Crippen LogP contribution in [0.15, 0.2) is 18.2 Å². The molecule has 0 aliphatic carbocycles. The Bertz CT molecular complexity index is 516. The van der Waals surface area contributed by atoms with Gasteiger partial charge in [-0.3, -0.25) is 4.79 Å². The molecule has 0 fully saturated rings. The van der Waals surface area contributed by atoms with Gasteiger partial charge < -0.3 is 4.57 Å². The van der Waals surface area contributed by atoms with Crippen LogP contribution in [-0.4, -0.2) is 14.8 Å². The lowest BCUT2D eigenvalue weighted by molar-refractivity contribution is 0.108. The highest BCUT2D eigenvalue weighted by Crippen LogP contribution is 2.17. The largest absolute Gasteiger partial charge is 0.331 e. The van der Waals surface area contributed by atoms with Crippen molar-refractivity contribution in [1.29, 1.82) is 0 Å². The number of carbonyl (C=O) groups excluding carboxylic acids is 1. The van der Waals surface area contributed by atoms with Gasteiger partial charge in [-0.2, -0.15) is 0 Å². The van der Waals surface area contributed by atoms with E-state index in [0.29, 0.717) is 5.56 Å². The standard InChI is InChI=1S/C10H9ClN2O/c1-6-12-8-5-7(10(11)14)3-4-9(8)13(6)2/h3-5H,1-2H3. The topological polar surface area (TPSA) is 34.9 Å². The molecule has 3 nitrogen and oxygen atoms in total. The Morgan fingerprint density at radius 2 is 2.21 bits per heavy atom. The first kappa shape index (κ1) is 9.21. The molecule has 1 heterocycles. The molecule has 0 unspecified atom stereocenters. The maximum atomic E-state index is 10.9. The highest BCUT2D eigenvalue weighted by molar-refractivity contribution is 6.67. The van der Waals surface area contributed by atoms with Crippen LogP contribution in [0, 0.1) is 6.92 Å². The van der Waals surface area contributed by atoms with Gasteiger partial charge in [0.2, 0.25) is 0 Å². The van der Waals surface area contributed by atoms with Crippen molar-refractivity contribution in [3.63, 3.8) is 0 Å². The number of rotatable bonds is 1. The van der Waals surface area contributed by atoms with E-state index in [0.717, 1.165) is 16.9 Å². The molecule has 14 heavy (non-hydrogen) atoms. The van der Waals surface area contributed by atoms with Gasteiger partial charge >= 0.3 is 0 Å². The molecule has 0 saturated heterocycles. The fraction of sp³-hybridized carbons (Fsp3) is 0.200. The minimum atomic E-state index is -0.449. The van der Waals surface area contributed by atoms with Crippen molar-refractivity contribution in [2.45, 2.75) is 6.92 Å². The first-order valence-corrected chi connectivity index (χ1v) is 4.60. The van der Waals surface area contributed by atoms with Gasteiger partial charge in [0, 0.05) is 12.6 Å². The normalized spacial score (nSPS) is 10.8. The molecule has 0 aliphatic rings. The Balaban J connectivity index is 2.73. The van der Waals surface area contributed by atoms with E-state index in [1.807, 2.05) is 24.6 Å². The molecule has 0 saturated carbocycles. The van der Waals surface area contributed by atoms with E-state index in [1.54, 1.807) is 12.1 Å². The zero-order chi connectivity index (χ0) is 10.3. The summed E-state index contributed by atoms with van der Waals surface area (Å²) in [6.45, 7) is 1.92. The average molecular weight is 209 g/mol. The van der Waals surface area contributed by atoms with Crippen molar-refractivity contribution < 1.29 is 4.79 Å². The maximum absolute atomic E-state index is 10.9. The molecule has 1 aromatic carbocycles. The van der Waals surface area contributed by atoms with Crippen LogP contribution in [-0.2, 0) is 7.05 Å². The van der Waals surface area contributed by atoms with Crippen LogP contribution < -0.4 is 0 Å². The summed E-state index contributed by atoms with van der Waals surface area (Å²) in [4.78, 5) is 15.2. The summed E-state index contributed by atoms with van der Waals surface area (Å²) in [5, 5.41) is -0.449. The zero-order valence-corrected chi connectivity index (χ0v) is 8.67. The number of fused-ring (bicyclic) bond motifs is 1. The van der Waals surface area contributed by atoms with Crippen molar-refractivity contribution >= 4 is 27.9 Å². The molecule has 2 rings (SSSR count). The minimum Gasteiger partial charge on any atom is -0.331 e. The van der Waals surface area contributed by atoms with Gasteiger partial charge in [0.05, 0.1) is 11.0 Å². The molecule has 0 amide bonds. The number of aryl methyl sites for hydroxylation is 2. The number of carbonyl (C=O) groups is 1. The summed E-state index contributed by atoms with van der Waals surface area (Å²) < 4.78 is 1.97. The van der Waals surface area contributed by atoms with Gasteiger partial charge in [0.15, 0.2) is 0 Å². The van der Waals surface area contributed by atoms with Gasteiger partial charge in [0.25, 0.3) is 5.24 Å². The van der Waals surface area contributed by atoms with Gasteiger partial charge in [-0.25, -0.2) is 4.98 Å². The first-order valence-electron chi connectivity index (χ1n) is 4.22. The summed E-state index contributed by atoms with van der Waals surface area (Å²) in [7, 11) is 1.94. The van der Waals surface area contributed by atoms with E-state index >= 15 is 0 Å². The lowest BCUT2D eigenvalue weighted by Crippen LogP contribution is -1.91. The molecule has 0 bridgehead atoms. The van der Waals surface area contributed by atoms with Crippen LogP contribution in [0.2, 0.25) is 0 Å². The summed E-state index contributed by atoms with van der Waals surface area (Å²) >= 11 is 5.38. The fourth-order valence-electron chi connectivity index (χ4n) is 1.44. The Hall–Kier alpha value is -1.35. The molecular formula is C10H9ClN2O. The third-order valence-electron chi connectivity index (χ3n) is 2.33. The third-order valence-corrected chi connectivity index (χ3v) is 2.55. The van der Waals surface area contributed by atoms with E-state index in [2.05, 4.69) is 4.98 Å². The molecule has 0 radical (unpaired) electrons. The first-order chi connectivity index (χ1) is 6.59. The maximum Gasteiger partial charge on any atom is 0.252 e. The smallest absolute Gasteiger partial charge is 0.252 e. The molecular weight excluding hydrogens is 200 g/mol. The fourth-order valence-corrected chi connectivity index (χ4v) is 1.56. The highest BCUT2D eigenvalue weighted by atomic mass is 35.5. The number of aromatic nitrogens is 2. The van der Waals surface area contributed by atoms with Crippen LogP contribution in [0.5, 0.6) is 0 Å². The van der Waals surface area contributed by atoms with Crippen molar-refractivity contribution in [2.75, 3.05) is 0 Å². The van der Waals surface area contributed by atoms with E-state index in [4.69, 9.17) is 11.6 Å². The van der Waals surface area contributed by atoms with Crippen molar-refractivity contribution in [1.82, 2.24) is 9.55 Å². The lowest BCUT2D eigenvalue weighted by Gasteiger charge is -1.96. The van der Waals surface area contributed by atoms with E-state index in [-0.39, 0.29) is 0 Å². The third kappa shape index (κ3) is 1.30. The Morgan fingerprint density at radius 1 is 1.50 bits per heavy atom. The second-order valence-corrected chi connectivity index (χ2v) is 3.54. The molecule has 0 aliphatic heterocycles. The molecule has 1 aromatic heterocycles. The highest BCUT2D eigenvalue weighted by Gasteiger charge is 2.07. The van der Waals surface area contributed by atoms with Crippen molar-refractivity contribution in [3.8, 4) is 0 Å². The lowest BCUT2D eigenvalue weighted by atomic mass is 10.2. The van der Waals surface area contributed by atoms with Crippen molar-refractivity contribution in [3.05, 3.63) is 29.6 Å². The number of nitrogens with zero attached hydrogens (tertiary/aromatic N) is 2. The Kier molecular flexibility index (Phi) is 2.04. The summed E-state index contributed by atoms with van der Waals surface area (Å²) in [5.74, 6) is 0.916. The van der Waals surface area contributed by atoms with E-state index in [9.17, 15) is 4.79 Å². The van der Waals surface area contributed by atoms with Crippen LogP contribution in [0.4, 0.5) is 0 Å². The van der Waals surface area contributed by atoms with Gasteiger partial charge in [-0.15, -0.1) is 0 Å². The van der Waals surface area contributed by atoms with Gasteiger partial charge in [-0.1, -0.05) is 0 Å². The average Bonchev–Trinajstić information content (AvgIpc) is 2.42. The zero-order valence-electron chi connectivity index (χ0n) is 7.91. The molecule has 0 spiro atoms. The molecule has 0 atom stereocenters. The SMILES string of the molecule is Cc1nc2cc(C(=O)Cl)ccc2n1C. The summed E-state index contributed by atoms with van der Waals surface area (Å²) in [6.07, 6.45) is 0. The second kappa shape index (κ2) is 3.10. The summed E-state index contributed by atoms with van der Waals surface area (Å²) in [6, 6.07) is 5.27. The quantitative estimate of drug-likeness (QED) is 0.674. The second-order valence-electron chi connectivity index (χ2n) is 3.20. The Morgan fingerprint density at radius 3 is 2.86 bits per heavy atom. The van der Waals surface area contributed by atoms with E-state index < -0.39 is 5.24 Å². The number of imidazole rings is 1. The minimum absolute atomic E-state index is 0.449. The number of halogens is 1. The molecule has 4 heteroatoms. The molecule has 2 aromatic rings. The van der Waals surface area contributed by atoms with E-state index in [1.165, 1.54) is 0 Å². The summed E-state index contributed by atoms with van der Waals surface area (Å²) in [5.41, 5.74) is 2.29. The number of hydrogen-bond acceptors (Lipinski definition) is 2. The monoisotopic (exact) mass is 208 g/mol.